The van der Waals surface area contributed by atoms with Gasteiger partial charge in [-0.2, -0.15) is 5.26 Å². The van der Waals surface area contributed by atoms with Gasteiger partial charge in [0.1, 0.15) is 0 Å². The molecule has 0 bridgehead atoms. The second kappa shape index (κ2) is 6.47. The van der Waals surface area contributed by atoms with Gasteiger partial charge >= 0.3 is 0 Å². The first-order valence-corrected chi connectivity index (χ1v) is 4.75. The number of rotatable bonds is 5. The Morgan fingerprint density at radius 2 is 2.23 bits per heavy atom. The number of amides is 1. The van der Waals surface area contributed by atoms with Gasteiger partial charge in [-0.15, -0.1) is 0 Å². The normalized spacial score (nSPS) is 11.8. The highest BCUT2D eigenvalue weighted by Crippen LogP contribution is 2.08. The summed E-state index contributed by atoms with van der Waals surface area (Å²) in [5.74, 6) is 0.241. The van der Waals surface area contributed by atoms with Crippen LogP contribution in [0.4, 0.5) is 0 Å². The molecule has 3 nitrogen and oxygen atoms in total. The fourth-order valence-electron chi connectivity index (χ4n) is 1.26. The highest BCUT2D eigenvalue weighted by molar-refractivity contribution is 5.78. The molecule has 13 heavy (non-hydrogen) atoms. The maximum Gasteiger partial charge on any atom is 0.225 e. The smallest absolute Gasteiger partial charge is 0.225 e. The van der Waals surface area contributed by atoms with Crippen molar-refractivity contribution in [1.29, 1.82) is 5.26 Å². The minimum absolute atomic E-state index is 0.0914. The molecule has 3 heteroatoms. The van der Waals surface area contributed by atoms with Crippen molar-refractivity contribution in [2.75, 3.05) is 13.6 Å². The lowest BCUT2D eigenvalue weighted by atomic mass is 10.1. The highest BCUT2D eigenvalue weighted by Gasteiger charge is 2.15. The van der Waals surface area contributed by atoms with Crippen LogP contribution in [0.5, 0.6) is 0 Å². The first kappa shape index (κ1) is 12.0. The van der Waals surface area contributed by atoms with Gasteiger partial charge in [-0.3, -0.25) is 4.79 Å². The maximum absolute atomic E-state index is 11.6. The number of carbonyl (C=O) groups is 1. The number of hydrogen-bond acceptors (Lipinski definition) is 2. The Labute approximate surface area is 80.3 Å². The Morgan fingerprint density at radius 1 is 1.62 bits per heavy atom. The van der Waals surface area contributed by atoms with Gasteiger partial charge in [0, 0.05) is 19.5 Å². The van der Waals surface area contributed by atoms with Crippen molar-refractivity contribution < 1.29 is 4.79 Å². The average molecular weight is 182 g/mol. The molecule has 0 saturated carbocycles. The van der Waals surface area contributed by atoms with Gasteiger partial charge in [-0.25, -0.2) is 0 Å². The zero-order chi connectivity index (χ0) is 10.3. The molecular formula is C10H18N2O. The van der Waals surface area contributed by atoms with Crippen LogP contribution >= 0.6 is 0 Å². The average Bonchev–Trinajstić information content (AvgIpc) is 2.13. The van der Waals surface area contributed by atoms with E-state index in [2.05, 4.69) is 6.92 Å². The van der Waals surface area contributed by atoms with Crippen LogP contribution in [0, 0.1) is 17.2 Å². The molecule has 0 aliphatic heterocycles. The molecular weight excluding hydrogens is 164 g/mol. The second-order valence-electron chi connectivity index (χ2n) is 3.36. The minimum atomic E-state index is 0.0914. The van der Waals surface area contributed by atoms with Crippen LogP contribution in [0.25, 0.3) is 0 Å². The quantitative estimate of drug-likeness (QED) is 0.650. The van der Waals surface area contributed by atoms with E-state index in [1.54, 1.807) is 11.9 Å². The lowest BCUT2D eigenvalue weighted by Crippen LogP contribution is -2.32. The Hall–Kier alpha value is -1.04. The molecule has 0 radical (unpaired) electrons. The standard InChI is InChI=1S/C10H18N2O/c1-4-6-9(2)10(13)12(3)8-5-7-11/h9H,4-6,8H2,1-3H3. The first-order chi connectivity index (χ1) is 6.13. The fourth-order valence-corrected chi connectivity index (χ4v) is 1.26. The van der Waals surface area contributed by atoms with E-state index in [4.69, 9.17) is 5.26 Å². The summed E-state index contributed by atoms with van der Waals surface area (Å²) >= 11 is 0. The van der Waals surface area contributed by atoms with E-state index < -0.39 is 0 Å². The topological polar surface area (TPSA) is 44.1 Å². The van der Waals surface area contributed by atoms with Crippen molar-refractivity contribution in [3.8, 4) is 6.07 Å². The maximum atomic E-state index is 11.6. The van der Waals surface area contributed by atoms with Crippen LogP contribution in [0.2, 0.25) is 0 Å². The Morgan fingerprint density at radius 3 is 2.69 bits per heavy atom. The summed E-state index contributed by atoms with van der Waals surface area (Å²) in [6.07, 6.45) is 2.37. The van der Waals surface area contributed by atoms with Gasteiger partial charge in [0.25, 0.3) is 0 Å². The summed E-state index contributed by atoms with van der Waals surface area (Å²) in [6.45, 7) is 4.55. The zero-order valence-electron chi connectivity index (χ0n) is 8.71. The Balaban J connectivity index is 3.88. The van der Waals surface area contributed by atoms with Crippen LogP contribution in [0.1, 0.15) is 33.1 Å². The monoisotopic (exact) mass is 182 g/mol. The van der Waals surface area contributed by atoms with E-state index in [1.165, 1.54) is 0 Å². The van der Waals surface area contributed by atoms with Crippen molar-refractivity contribution in [2.24, 2.45) is 5.92 Å². The fraction of sp³-hybridized carbons (Fsp3) is 0.800. The minimum Gasteiger partial charge on any atom is -0.344 e. The van der Waals surface area contributed by atoms with E-state index in [1.807, 2.05) is 13.0 Å². The first-order valence-electron chi connectivity index (χ1n) is 4.75. The van der Waals surface area contributed by atoms with Crippen LogP contribution in [0.3, 0.4) is 0 Å². The number of nitrogens with zero attached hydrogens (tertiary/aromatic N) is 2. The Bertz CT molecular complexity index is 196. The Kier molecular flexibility index (Phi) is 5.96. The van der Waals surface area contributed by atoms with Crippen molar-refractivity contribution in [3.63, 3.8) is 0 Å². The van der Waals surface area contributed by atoms with Crippen molar-refractivity contribution in [2.45, 2.75) is 33.1 Å². The van der Waals surface area contributed by atoms with E-state index >= 15 is 0 Å². The largest absolute Gasteiger partial charge is 0.344 e. The molecule has 0 fully saturated rings. The molecule has 0 aromatic rings. The van der Waals surface area contributed by atoms with Crippen LogP contribution in [-0.4, -0.2) is 24.4 Å². The molecule has 0 aromatic heterocycles. The third-order valence-electron chi connectivity index (χ3n) is 2.08. The van der Waals surface area contributed by atoms with E-state index in [0.717, 1.165) is 12.8 Å². The van der Waals surface area contributed by atoms with Gasteiger partial charge in [0.2, 0.25) is 5.91 Å². The predicted octanol–water partition coefficient (Wildman–Crippen LogP) is 1.79. The third-order valence-corrected chi connectivity index (χ3v) is 2.08. The van der Waals surface area contributed by atoms with Gasteiger partial charge in [-0.1, -0.05) is 20.3 Å². The van der Waals surface area contributed by atoms with Gasteiger partial charge in [0.05, 0.1) is 12.5 Å². The summed E-state index contributed by atoms with van der Waals surface area (Å²) in [5.41, 5.74) is 0. The molecule has 1 amide bonds. The number of nitriles is 1. The predicted molar refractivity (Wildman–Crippen MR) is 51.9 cm³/mol. The molecule has 0 aliphatic rings. The van der Waals surface area contributed by atoms with Gasteiger partial charge in [-0.05, 0) is 6.42 Å². The second-order valence-corrected chi connectivity index (χ2v) is 3.36. The van der Waals surface area contributed by atoms with Gasteiger partial charge < -0.3 is 4.90 Å². The molecule has 0 N–H and O–H groups in total. The molecule has 0 spiro atoms. The molecule has 1 atom stereocenters. The molecule has 0 saturated heterocycles. The molecule has 1 unspecified atom stereocenters. The number of carbonyl (C=O) groups excluding carboxylic acids is 1. The SMILES string of the molecule is CCCC(C)C(=O)N(C)CCC#N. The van der Waals surface area contributed by atoms with E-state index in [-0.39, 0.29) is 11.8 Å². The molecule has 0 aromatic carbocycles. The van der Waals surface area contributed by atoms with Crippen LogP contribution in [0.15, 0.2) is 0 Å². The summed E-state index contributed by atoms with van der Waals surface area (Å²) < 4.78 is 0. The van der Waals surface area contributed by atoms with E-state index in [9.17, 15) is 4.79 Å². The lowest BCUT2D eigenvalue weighted by molar-refractivity contribution is -0.133. The van der Waals surface area contributed by atoms with Gasteiger partial charge in [0.15, 0.2) is 0 Å². The summed E-state index contributed by atoms with van der Waals surface area (Å²) in [5, 5.41) is 8.35. The van der Waals surface area contributed by atoms with E-state index in [0.29, 0.717) is 13.0 Å². The van der Waals surface area contributed by atoms with Crippen molar-refractivity contribution >= 4 is 5.91 Å². The highest BCUT2D eigenvalue weighted by atomic mass is 16.2. The molecule has 0 rings (SSSR count). The van der Waals surface area contributed by atoms with Crippen LogP contribution < -0.4 is 0 Å². The molecule has 74 valence electrons. The summed E-state index contributed by atoms with van der Waals surface area (Å²) in [6, 6.07) is 2.03. The number of hydrogen-bond donors (Lipinski definition) is 0. The van der Waals surface area contributed by atoms with Crippen molar-refractivity contribution in [1.82, 2.24) is 4.90 Å². The van der Waals surface area contributed by atoms with Crippen LogP contribution in [-0.2, 0) is 4.79 Å². The third kappa shape index (κ3) is 4.51. The molecule has 0 heterocycles. The lowest BCUT2D eigenvalue weighted by Gasteiger charge is -2.19. The summed E-state index contributed by atoms with van der Waals surface area (Å²) in [4.78, 5) is 13.2. The van der Waals surface area contributed by atoms with Crippen molar-refractivity contribution in [3.05, 3.63) is 0 Å². The molecule has 0 aliphatic carbocycles. The zero-order valence-corrected chi connectivity index (χ0v) is 8.71. The summed E-state index contributed by atoms with van der Waals surface area (Å²) in [7, 11) is 1.76.